The molecular formula is C38H63N13O16. The molecule has 10 amide bonds. The smallest absolute Gasteiger partial charge is 0.328 e. The van der Waals surface area contributed by atoms with Crippen LogP contribution in [0.1, 0.15) is 65.5 Å². The van der Waals surface area contributed by atoms with Crippen LogP contribution in [-0.4, -0.2) is 181 Å². The highest BCUT2D eigenvalue weighted by Crippen LogP contribution is 2.09. The Labute approximate surface area is 383 Å². The van der Waals surface area contributed by atoms with E-state index < -0.39 is 165 Å². The summed E-state index contributed by atoms with van der Waals surface area (Å²) in [4.78, 5) is 147. The molecule has 29 heteroatoms. The molecular weight excluding hydrogens is 894 g/mol. The molecule has 10 atom stereocenters. The number of carbonyl (C=O) groups is 11. The summed E-state index contributed by atoms with van der Waals surface area (Å²) in [6.45, 7) is 2.84. The minimum atomic E-state index is -1.84. The third kappa shape index (κ3) is 20.9. The summed E-state index contributed by atoms with van der Waals surface area (Å²) in [7, 11) is 0. The maximum Gasteiger partial charge on any atom is 0.328 e. The van der Waals surface area contributed by atoms with Crippen LogP contribution in [-0.2, 0) is 59.2 Å². The van der Waals surface area contributed by atoms with Gasteiger partial charge in [0.25, 0.3) is 0 Å². The Morgan fingerprint density at radius 1 is 0.582 bits per heavy atom. The Balaban J connectivity index is 3.31. The van der Waals surface area contributed by atoms with Crippen LogP contribution >= 0.6 is 0 Å². The quantitative estimate of drug-likeness (QED) is 0.0329. The summed E-state index contributed by atoms with van der Waals surface area (Å²) in [6.07, 6.45) is -1.30. The minimum absolute atomic E-state index is 0.0277. The Morgan fingerprint density at radius 2 is 1.03 bits per heavy atom. The molecule has 0 radical (unpaired) electrons. The van der Waals surface area contributed by atoms with Crippen LogP contribution in [0.25, 0.3) is 0 Å². The Hall–Kier alpha value is -6.82. The fraction of sp³-hybridized carbons (Fsp3) is 0.632. The van der Waals surface area contributed by atoms with Crippen LogP contribution < -0.4 is 59.7 Å². The number of rotatable bonds is 31. The summed E-state index contributed by atoms with van der Waals surface area (Å²) in [5, 5.41) is 66.3. The lowest BCUT2D eigenvalue weighted by Gasteiger charge is -2.28. The predicted molar refractivity (Wildman–Crippen MR) is 228 cm³/mol. The number of hydrogen-bond acceptors (Lipinski definition) is 17. The molecule has 1 heterocycles. The number of aliphatic carboxylic acids is 1. The van der Waals surface area contributed by atoms with Crippen molar-refractivity contribution in [2.45, 2.75) is 127 Å². The Kier molecular flexibility index (Phi) is 25.1. The van der Waals surface area contributed by atoms with Crippen LogP contribution in [0.2, 0.25) is 0 Å². The van der Waals surface area contributed by atoms with E-state index in [9.17, 15) is 78.3 Å². The van der Waals surface area contributed by atoms with Crippen molar-refractivity contribution in [1.29, 1.82) is 0 Å². The molecule has 1 aromatic heterocycles. The van der Waals surface area contributed by atoms with Crippen molar-refractivity contribution >= 4 is 65.0 Å². The lowest BCUT2D eigenvalue weighted by atomic mass is 10.0. The van der Waals surface area contributed by atoms with Gasteiger partial charge in [-0.05, 0) is 39.0 Å². The molecule has 1 aromatic rings. The topological polar surface area (TPSA) is 492 Å². The fourth-order valence-electron chi connectivity index (χ4n) is 5.79. The first-order valence-electron chi connectivity index (χ1n) is 20.8. The molecule has 67 heavy (non-hydrogen) atoms. The molecule has 29 nitrogen and oxygen atoms in total. The zero-order chi connectivity index (χ0) is 51.1. The average molecular weight is 958 g/mol. The number of carboxylic acid groups (broad SMARTS) is 1. The minimum Gasteiger partial charge on any atom is -0.480 e. The van der Waals surface area contributed by atoms with Crippen LogP contribution in [0.15, 0.2) is 12.5 Å². The van der Waals surface area contributed by atoms with E-state index >= 15 is 0 Å². The highest BCUT2D eigenvalue weighted by molar-refractivity contribution is 5.98. The third-order valence-electron chi connectivity index (χ3n) is 9.54. The number of primary amides is 2. The van der Waals surface area contributed by atoms with Gasteiger partial charge in [0, 0.05) is 31.2 Å². The highest BCUT2D eigenvalue weighted by atomic mass is 16.4. The SMILES string of the molecule is CC(C)CC(NC(=O)C(CO)NC(=O)C(C)NC(=O)C(CCC(N)=O)NC(=O)C(Cc1cnc[nH]1)NC(=O)C(NC(=O)C(CCC(N)=O)NC(=O)C(N)CO)C(C)O)C(=O)NC(CO)C(=O)O. The highest BCUT2D eigenvalue weighted by Gasteiger charge is 2.36. The van der Waals surface area contributed by atoms with Gasteiger partial charge < -0.3 is 90.3 Å². The van der Waals surface area contributed by atoms with Gasteiger partial charge in [-0.25, -0.2) is 9.78 Å². The number of imidazole rings is 1. The molecule has 0 saturated heterocycles. The van der Waals surface area contributed by atoms with E-state index in [4.69, 9.17) is 17.2 Å². The van der Waals surface area contributed by atoms with Crippen molar-refractivity contribution in [3.05, 3.63) is 18.2 Å². The van der Waals surface area contributed by atoms with Crippen molar-refractivity contribution in [2.24, 2.45) is 23.1 Å². The first kappa shape index (κ1) is 58.2. The van der Waals surface area contributed by atoms with Crippen LogP contribution in [0, 0.1) is 5.92 Å². The monoisotopic (exact) mass is 957 g/mol. The summed E-state index contributed by atoms with van der Waals surface area (Å²) >= 11 is 0. The van der Waals surface area contributed by atoms with Gasteiger partial charge in [-0.3, -0.25) is 47.9 Å². The number of nitrogens with one attached hydrogen (secondary N) is 9. The van der Waals surface area contributed by atoms with E-state index in [-0.39, 0.29) is 30.9 Å². The van der Waals surface area contributed by atoms with Crippen LogP contribution in [0.3, 0.4) is 0 Å². The van der Waals surface area contributed by atoms with E-state index in [2.05, 4.69) is 52.5 Å². The maximum absolute atomic E-state index is 13.9. The molecule has 0 aliphatic carbocycles. The van der Waals surface area contributed by atoms with Gasteiger partial charge in [-0.1, -0.05) is 13.8 Å². The number of aromatic amines is 1. The summed E-state index contributed by atoms with van der Waals surface area (Å²) < 4.78 is 0. The largest absolute Gasteiger partial charge is 0.480 e. The number of aromatic nitrogens is 2. The van der Waals surface area contributed by atoms with Crippen molar-refractivity contribution < 1.29 is 78.3 Å². The number of carbonyl (C=O) groups excluding carboxylic acids is 10. The van der Waals surface area contributed by atoms with Gasteiger partial charge in [0.2, 0.25) is 59.1 Å². The van der Waals surface area contributed by atoms with Crippen molar-refractivity contribution in [3.63, 3.8) is 0 Å². The lowest BCUT2D eigenvalue weighted by Crippen LogP contribution is -2.62. The normalized spacial score (nSPS) is 15.6. The first-order chi connectivity index (χ1) is 31.3. The number of nitrogens with two attached hydrogens (primary N) is 3. The first-order valence-corrected chi connectivity index (χ1v) is 20.8. The second kappa shape index (κ2) is 29.0. The summed E-state index contributed by atoms with van der Waals surface area (Å²) in [6, 6.07) is -14.5. The standard InChI is InChI=1S/C38H63N13O16/c1-16(2)9-23(34(62)50-26(14-54)38(66)67)47-36(64)25(13-53)49-30(58)17(3)44-32(60)21(5-7-27(40)56)46-35(63)24(10-19-11-42-15-43-19)48-37(65)29(18(4)55)51-33(61)22(6-8-28(41)57)45-31(59)20(39)12-52/h11,15-18,20-26,29,52-55H,5-10,12-14,39H2,1-4H3,(H2,40,56)(H2,41,57)(H,42,43)(H,44,60)(H,45,59)(H,46,63)(H,47,64)(H,48,65)(H,49,58)(H,50,62)(H,51,61)(H,66,67). The van der Waals surface area contributed by atoms with E-state index in [1.807, 2.05) is 0 Å². The van der Waals surface area contributed by atoms with Gasteiger partial charge >= 0.3 is 5.97 Å². The van der Waals surface area contributed by atoms with Crippen molar-refractivity contribution in [3.8, 4) is 0 Å². The molecule has 1 rings (SSSR count). The van der Waals surface area contributed by atoms with Gasteiger partial charge in [-0.15, -0.1) is 0 Å². The second-order valence-corrected chi connectivity index (χ2v) is 15.7. The molecule has 0 spiro atoms. The number of hydrogen-bond donors (Lipinski definition) is 17. The summed E-state index contributed by atoms with van der Waals surface area (Å²) in [5.74, 6) is -12.1. The molecule has 0 fully saturated rings. The van der Waals surface area contributed by atoms with Crippen LogP contribution in [0.4, 0.5) is 0 Å². The lowest BCUT2D eigenvalue weighted by molar-refractivity contribution is -0.143. The third-order valence-corrected chi connectivity index (χ3v) is 9.54. The number of aliphatic hydroxyl groups excluding tert-OH is 4. The molecule has 0 aliphatic heterocycles. The molecule has 10 unspecified atom stereocenters. The number of aliphatic hydroxyl groups is 4. The second-order valence-electron chi connectivity index (χ2n) is 15.7. The molecule has 376 valence electrons. The van der Waals surface area contributed by atoms with Gasteiger partial charge in [-0.2, -0.15) is 0 Å². The van der Waals surface area contributed by atoms with Crippen molar-refractivity contribution in [2.75, 3.05) is 19.8 Å². The Morgan fingerprint density at radius 3 is 1.49 bits per heavy atom. The van der Waals surface area contributed by atoms with Gasteiger partial charge in [0.05, 0.1) is 32.3 Å². The number of carboxylic acids is 1. The van der Waals surface area contributed by atoms with Crippen molar-refractivity contribution in [1.82, 2.24) is 52.5 Å². The van der Waals surface area contributed by atoms with Gasteiger partial charge in [0.1, 0.15) is 54.4 Å². The number of nitrogens with zero attached hydrogens (tertiary/aromatic N) is 1. The molecule has 0 aliphatic rings. The number of amides is 10. The molecule has 20 N–H and O–H groups in total. The van der Waals surface area contributed by atoms with E-state index in [0.717, 1.165) is 13.8 Å². The molecule has 0 bridgehead atoms. The van der Waals surface area contributed by atoms with E-state index in [1.54, 1.807) is 13.8 Å². The molecule has 0 aromatic carbocycles. The summed E-state index contributed by atoms with van der Waals surface area (Å²) in [5.41, 5.74) is 16.3. The maximum atomic E-state index is 13.9. The fourth-order valence-corrected chi connectivity index (χ4v) is 5.79. The number of H-pyrrole nitrogens is 1. The van der Waals surface area contributed by atoms with E-state index in [1.165, 1.54) is 12.5 Å². The Bertz CT molecular complexity index is 1880. The predicted octanol–water partition coefficient (Wildman–Crippen LogP) is -8.80. The zero-order valence-corrected chi connectivity index (χ0v) is 37.3. The van der Waals surface area contributed by atoms with Crippen LogP contribution in [0.5, 0.6) is 0 Å². The average Bonchev–Trinajstić information content (AvgIpc) is 3.77. The molecule has 0 saturated carbocycles. The van der Waals surface area contributed by atoms with Gasteiger partial charge in [0.15, 0.2) is 0 Å². The zero-order valence-electron chi connectivity index (χ0n) is 37.3. The van der Waals surface area contributed by atoms with E-state index in [0.29, 0.717) is 0 Å².